The molecule has 0 bridgehead atoms. The van der Waals surface area contributed by atoms with Crippen molar-refractivity contribution in [2.24, 2.45) is 0 Å². The summed E-state index contributed by atoms with van der Waals surface area (Å²) in [5.41, 5.74) is 4.06. The van der Waals surface area contributed by atoms with Crippen LogP contribution in [0.15, 0.2) is 46.9 Å². The molecule has 0 saturated heterocycles. The Morgan fingerprint density at radius 1 is 1.04 bits per heavy atom. The molecule has 0 heterocycles. The van der Waals surface area contributed by atoms with Crippen molar-refractivity contribution in [3.05, 3.63) is 52.5 Å². The average Bonchev–Trinajstić information content (AvgIpc) is 2.58. The van der Waals surface area contributed by atoms with Crippen molar-refractivity contribution < 1.29 is 4.79 Å². The molecule has 0 aromatic heterocycles. The Bertz CT molecular complexity index is 682. The van der Waals surface area contributed by atoms with E-state index in [4.69, 9.17) is 0 Å². The van der Waals surface area contributed by atoms with Crippen LogP contribution in [0.5, 0.6) is 0 Å². The molecule has 0 aliphatic carbocycles. The molecule has 2 aromatic carbocycles. The lowest BCUT2D eigenvalue weighted by molar-refractivity contribution is -0.114. The molecule has 0 radical (unpaired) electrons. The predicted octanol–water partition coefficient (Wildman–Crippen LogP) is 4.65. The van der Waals surface area contributed by atoms with Gasteiger partial charge in [-0.25, -0.2) is 0 Å². The zero-order valence-corrected chi connectivity index (χ0v) is 16.0. The first-order valence-electron chi connectivity index (χ1n) is 8.18. The molecule has 0 unspecified atom stereocenters. The summed E-state index contributed by atoms with van der Waals surface area (Å²) in [5.74, 6) is -0.0708. The maximum atomic E-state index is 12.1. The number of halogens is 1. The van der Waals surface area contributed by atoms with Gasteiger partial charge in [-0.2, -0.15) is 0 Å². The molecule has 0 atom stereocenters. The molecule has 24 heavy (non-hydrogen) atoms. The van der Waals surface area contributed by atoms with Crippen LogP contribution in [0, 0.1) is 6.92 Å². The number of aryl methyl sites for hydroxylation is 1. The summed E-state index contributed by atoms with van der Waals surface area (Å²) in [6, 6.07) is 13.9. The van der Waals surface area contributed by atoms with E-state index in [1.807, 2.05) is 37.3 Å². The second kappa shape index (κ2) is 8.73. The molecule has 0 aliphatic heterocycles. The van der Waals surface area contributed by atoms with E-state index in [-0.39, 0.29) is 12.5 Å². The molecule has 2 N–H and O–H groups in total. The van der Waals surface area contributed by atoms with Gasteiger partial charge in [-0.3, -0.25) is 4.79 Å². The highest BCUT2D eigenvalue weighted by Crippen LogP contribution is 2.21. The first kappa shape index (κ1) is 18.3. The highest BCUT2D eigenvalue weighted by Gasteiger charge is 2.05. The van der Waals surface area contributed by atoms with Crippen molar-refractivity contribution in [1.29, 1.82) is 0 Å². The van der Waals surface area contributed by atoms with Gasteiger partial charge in [0, 0.05) is 34.6 Å². The largest absolute Gasteiger partial charge is 0.376 e. The van der Waals surface area contributed by atoms with Crippen LogP contribution in [0.25, 0.3) is 0 Å². The standard InChI is InChI=1S/C19H24BrN3O/c1-4-23(5-2)17-10-8-15(9-11-17)21-13-19(24)22-16-7-6-14(3)18(20)12-16/h6-12,21H,4-5,13H2,1-3H3,(H,22,24). The molecule has 0 spiro atoms. The van der Waals surface area contributed by atoms with E-state index in [1.54, 1.807) is 0 Å². The lowest BCUT2D eigenvalue weighted by Crippen LogP contribution is -2.22. The van der Waals surface area contributed by atoms with Crippen molar-refractivity contribution in [2.75, 3.05) is 35.2 Å². The lowest BCUT2D eigenvalue weighted by Gasteiger charge is -2.21. The van der Waals surface area contributed by atoms with Crippen LogP contribution >= 0.6 is 15.9 Å². The number of benzene rings is 2. The minimum atomic E-state index is -0.0708. The highest BCUT2D eigenvalue weighted by molar-refractivity contribution is 9.10. The molecule has 0 fully saturated rings. The summed E-state index contributed by atoms with van der Waals surface area (Å²) in [5, 5.41) is 6.04. The molecule has 2 rings (SSSR count). The Balaban J connectivity index is 1.88. The number of anilines is 3. The van der Waals surface area contributed by atoms with E-state index in [9.17, 15) is 4.79 Å². The summed E-state index contributed by atoms with van der Waals surface area (Å²) in [4.78, 5) is 14.3. The first-order chi connectivity index (χ1) is 11.5. The molecule has 128 valence electrons. The third kappa shape index (κ3) is 4.99. The van der Waals surface area contributed by atoms with Crippen molar-refractivity contribution in [2.45, 2.75) is 20.8 Å². The summed E-state index contributed by atoms with van der Waals surface area (Å²) >= 11 is 3.47. The number of amides is 1. The van der Waals surface area contributed by atoms with E-state index >= 15 is 0 Å². The summed E-state index contributed by atoms with van der Waals surface area (Å²) < 4.78 is 0.986. The fourth-order valence-electron chi connectivity index (χ4n) is 2.44. The zero-order valence-electron chi connectivity index (χ0n) is 14.4. The van der Waals surface area contributed by atoms with Gasteiger partial charge in [0.25, 0.3) is 0 Å². The van der Waals surface area contributed by atoms with Gasteiger partial charge >= 0.3 is 0 Å². The van der Waals surface area contributed by atoms with E-state index < -0.39 is 0 Å². The number of hydrogen-bond acceptors (Lipinski definition) is 3. The monoisotopic (exact) mass is 389 g/mol. The Morgan fingerprint density at radius 3 is 2.25 bits per heavy atom. The van der Waals surface area contributed by atoms with E-state index in [2.05, 4.69) is 57.4 Å². The molecular formula is C19H24BrN3O. The first-order valence-corrected chi connectivity index (χ1v) is 8.97. The minimum Gasteiger partial charge on any atom is -0.376 e. The van der Waals surface area contributed by atoms with E-state index in [0.717, 1.165) is 34.5 Å². The predicted molar refractivity (Wildman–Crippen MR) is 106 cm³/mol. The van der Waals surface area contributed by atoms with Crippen molar-refractivity contribution in [3.8, 4) is 0 Å². The van der Waals surface area contributed by atoms with Gasteiger partial charge in [-0.05, 0) is 62.7 Å². The average molecular weight is 390 g/mol. The van der Waals surface area contributed by atoms with Gasteiger partial charge in [0.15, 0.2) is 0 Å². The van der Waals surface area contributed by atoms with Crippen LogP contribution in [-0.2, 0) is 4.79 Å². The summed E-state index contributed by atoms with van der Waals surface area (Å²) in [6.07, 6.45) is 0. The van der Waals surface area contributed by atoms with Gasteiger partial charge in [0.1, 0.15) is 0 Å². The third-order valence-corrected chi connectivity index (χ3v) is 4.76. The number of rotatable bonds is 7. The quantitative estimate of drug-likeness (QED) is 0.723. The molecule has 2 aromatic rings. The number of hydrogen-bond donors (Lipinski definition) is 2. The topological polar surface area (TPSA) is 44.4 Å². The smallest absolute Gasteiger partial charge is 0.243 e. The van der Waals surface area contributed by atoms with Crippen molar-refractivity contribution in [1.82, 2.24) is 0 Å². The second-order valence-electron chi connectivity index (χ2n) is 5.58. The Hall–Kier alpha value is -2.01. The Morgan fingerprint density at radius 2 is 1.67 bits per heavy atom. The maximum absolute atomic E-state index is 12.1. The van der Waals surface area contributed by atoms with Crippen LogP contribution in [0.2, 0.25) is 0 Å². The number of nitrogens with zero attached hydrogens (tertiary/aromatic N) is 1. The van der Waals surface area contributed by atoms with Crippen LogP contribution in [0.4, 0.5) is 17.1 Å². The fourth-order valence-corrected chi connectivity index (χ4v) is 2.82. The molecule has 0 aliphatic rings. The van der Waals surface area contributed by atoms with E-state index in [1.165, 1.54) is 5.69 Å². The number of nitrogens with one attached hydrogen (secondary N) is 2. The molecule has 4 nitrogen and oxygen atoms in total. The van der Waals surface area contributed by atoms with Gasteiger partial charge in [0.2, 0.25) is 5.91 Å². The van der Waals surface area contributed by atoms with Crippen molar-refractivity contribution >= 4 is 38.9 Å². The molecular weight excluding hydrogens is 366 g/mol. The van der Waals surface area contributed by atoms with E-state index in [0.29, 0.717) is 0 Å². The molecule has 1 amide bonds. The molecule has 5 heteroatoms. The maximum Gasteiger partial charge on any atom is 0.243 e. The van der Waals surface area contributed by atoms with Crippen LogP contribution in [-0.4, -0.2) is 25.5 Å². The second-order valence-corrected chi connectivity index (χ2v) is 6.44. The minimum absolute atomic E-state index is 0.0708. The molecule has 0 saturated carbocycles. The Kier molecular flexibility index (Phi) is 6.67. The van der Waals surface area contributed by atoms with Crippen molar-refractivity contribution in [3.63, 3.8) is 0 Å². The van der Waals surface area contributed by atoms with Gasteiger partial charge < -0.3 is 15.5 Å². The third-order valence-electron chi connectivity index (χ3n) is 3.90. The normalized spacial score (nSPS) is 10.3. The van der Waals surface area contributed by atoms with Gasteiger partial charge in [-0.15, -0.1) is 0 Å². The fraction of sp³-hybridized carbons (Fsp3) is 0.316. The lowest BCUT2D eigenvalue weighted by atomic mass is 10.2. The van der Waals surface area contributed by atoms with Crippen LogP contribution < -0.4 is 15.5 Å². The van der Waals surface area contributed by atoms with Gasteiger partial charge in [0.05, 0.1) is 6.54 Å². The Labute approximate surface area is 152 Å². The van der Waals surface area contributed by atoms with Crippen LogP contribution in [0.3, 0.4) is 0 Å². The number of carbonyl (C=O) groups excluding carboxylic acids is 1. The summed E-state index contributed by atoms with van der Waals surface area (Å²) in [6.45, 7) is 8.50. The van der Waals surface area contributed by atoms with Gasteiger partial charge in [-0.1, -0.05) is 22.0 Å². The SMILES string of the molecule is CCN(CC)c1ccc(NCC(=O)Nc2ccc(C)c(Br)c2)cc1. The van der Waals surface area contributed by atoms with Crippen LogP contribution in [0.1, 0.15) is 19.4 Å². The summed E-state index contributed by atoms with van der Waals surface area (Å²) in [7, 11) is 0. The highest BCUT2D eigenvalue weighted by atomic mass is 79.9. The number of carbonyl (C=O) groups is 1. The zero-order chi connectivity index (χ0) is 17.5.